The van der Waals surface area contributed by atoms with E-state index in [1.54, 1.807) is 4.90 Å². The second-order valence-corrected chi connectivity index (χ2v) is 5.09. The quantitative estimate of drug-likeness (QED) is 0.753. The highest BCUT2D eigenvalue weighted by atomic mass is 16.5. The first kappa shape index (κ1) is 13.5. The van der Waals surface area contributed by atoms with Crippen LogP contribution in [-0.4, -0.2) is 31.7 Å². The smallest absolute Gasteiger partial charge is 0.325 e. The summed E-state index contributed by atoms with van der Waals surface area (Å²) < 4.78 is 4.61. The number of likely N-dealkylation sites (N-methyl/N-ethyl adjacent to an activating group) is 1. The lowest BCUT2D eigenvalue weighted by Crippen LogP contribution is -2.27. The highest BCUT2D eigenvalue weighted by molar-refractivity contribution is 5.74. The molecule has 0 atom stereocenters. The van der Waals surface area contributed by atoms with E-state index in [9.17, 15) is 4.79 Å². The van der Waals surface area contributed by atoms with Gasteiger partial charge in [0.25, 0.3) is 0 Å². The molecule has 0 bridgehead atoms. The number of hydrogen-bond acceptors (Lipinski definition) is 4. The SMILES string of the molecule is COC(=O)CN(C)c1ccc(C(C)(C)C)cn1. The first-order chi connectivity index (χ1) is 7.84. The molecule has 0 aliphatic rings. The molecule has 0 unspecified atom stereocenters. The van der Waals surface area contributed by atoms with E-state index in [0.29, 0.717) is 0 Å². The van der Waals surface area contributed by atoms with Crippen LogP contribution in [0.1, 0.15) is 26.3 Å². The third-order valence-electron chi connectivity index (χ3n) is 2.60. The van der Waals surface area contributed by atoms with Crippen molar-refractivity contribution in [3.63, 3.8) is 0 Å². The first-order valence-corrected chi connectivity index (χ1v) is 5.59. The van der Waals surface area contributed by atoms with Gasteiger partial charge in [-0.2, -0.15) is 0 Å². The van der Waals surface area contributed by atoms with Crippen LogP contribution in [0.15, 0.2) is 18.3 Å². The van der Waals surface area contributed by atoms with Crippen molar-refractivity contribution in [1.29, 1.82) is 0 Å². The van der Waals surface area contributed by atoms with Crippen molar-refractivity contribution in [3.8, 4) is 0 Å². The summed E-state index contributed by atoms with van der Waals surface area (Å²) in [5, 5.41) is 0. The number of methoxy groups -OCH3 is 1. The fourth-order valence-corrected chi connectivity index (χ4v) is 1.39. The van der Waals surface area contributed by atoms with Gasteiger partial charge in [-0.15, -0.1) is 0 Å². The largest absolute Gasteiger partial charge is 0.468 e. The van der Waals surface area contributed by atoms with Crippen LogP contribution < -0.4 is 4.90 Å². The molecule has 0 amide bonds. The fraction of sp³-hybridized carbons (Fsp3) is 0.538. The summed E-state index contributed by atoms with van der Waals surface area (Å²) in [5.41, 5.74) is 1.26. The molecule has 4 heteroatoms. The topological polar surface area (TPSA) is 42.4 Å². The van der Waals surface area contributed by atoms with Gasteiger partial charge in [0.05, 0.1) is 7.11 Å². The van der Waals surface area contributed by atoms with Gasteiger partial charge in [0, 0.05) is 13.2 Å². The van der Waals surface area contributed by atoms with Crippen LogP contribution in [0.3, 0.4) is 0 Å². The summed E-state index contributed by atoms with van der Waals surface area (Å²) in [6.07, 6.45) is 1.85. The number of esters is 1. The lowest BCUT2D eigenvalue weighted by Gasteiger charge is -2.21. The number of anilines is 1. The predicted molar refractivity (Wildman–Crippen MR) is 68.2 cm³/mol. The van der Waals surface area contributed by atoms with Crippen molar-refractivity contribution in [3.05, 3.63) is 23.9 Å². The van der Waals surface area contributed by atoms with Crippen LogP contribution in [0.2, 0.25) is 0 Å². The van der Waals surface area contributed by atoms with Crippen LogP contribution in [0.25, 0.3) is 0 Å². The summed E-state index contributed by atoms with van der Waals surface area (Å²) in [5.74, 6) is 0.498. The zero-order chi connectivity index (χ0) is 13.1. The normalized spacial score (nSPS) is 11.1. The molecule has 0 saturated heterocycles. The summed E-state index contributed by atoms with van der Waals surface area (Å²) in [7, 11) is 3.20. The fourth-order valence-electron chi connectivity index (χ4n) is 1.39. The van der Waals surface area contributed by atoms with Crippen molar-refractivity contribution in [2.75, 3.05) is 25.6 Å². The minimum Gasteiger partial charge on any atom is -0.468 e. The average molecular weight is 236 g/mol. The standard InChI is InChI=1S/C13H20N2O2/c1-13(2,3)10-6-7-11(14-8-10)15(4)9-12(16)17-5/h6-8H,9H2,1-5H3. The van der Waals surface area contributed by atoms with Gasteiger partial charge in [0.2, 0.25) is 0 Å². The molecule has 1 rings (SSSR count). The minimum absolute atomic E-state index is 0.0897. The zero-order valence-corrected chi connectivity index (χ0v) is 11.2. The maximum atomic E-state index is 11.1. The number of hydrogen-bond donors (Lipinski definition) is 0. The van der Waals surface area contributed by atoms with E-state index in [-0.39, 0.29) is 17.9 Å². The molecule has 0 N–H and O–H groups in total. The molecule has 0 fully saturated rings. The molecule has 4 nitrogen and oxygen atoms in total. The van der Waals surface area contributed by atoms with E-state index in [1.165, 1.54) is 12.7 Å². The van der Waals surface area contributed by atoms with Gasteiger partial charge in [0.15, 0.2) is 0 Å². The van der Waals surface area contributed by atoms with Crippen LogP contribution in [-0.2, 0) is 14.9 Å². The van der Waals surface area contributed by atoms with Crippen molar-refractivity contribution < 1.29 is 9.53 Å². The molecule has 0 aromatic carbocycles. The molecule has 0 spiro atoms. The Labute approximate surface area is 103 Å². The first-order valence-electron chi connectivity index (χ1n) is 5.59. The molecule has 1 aromatic heterocycles. The zero-order valence-electron chi connectivity index (χ0n) is 11.2. The van der Waals surface area contributed by atoms with Gasteiger partial charge >= 0.3 is 5.97 Å². The number of carbonyl (C=O) groups is 1. The highest BCUT2D eigenvalue weighted by Gasteiger charge is 2.15. The Morgan fingerprint density at radius 1 is 1.41 bits per heavy atom. The Morgan fingerprint density at radius 3 is 2.47 bits per heavy atom. The van der Waals surface area contributed by atoms with Gasteiger partial charge < -0.3 is 9.64 Å². The molecule has 0 aliphatic carbocycles. The average Bonchev–Trinajstić information content (AvgIpc) is 2.27. The van der Waals surface area contributed by atoms with Crippen molar-refractivity contribution >= 4 is 11.8 Å². The second kappa shape index (κ2) is 5.17. The number of aromatic nitrogens is 1. The maximum Gasteiger partial charge on any atom is 0.325 e. The van der Waals surface area contributed by atoms with E-state index < -0.39 is 0 Å². The molecule has 17 heavy (non-hydrogen) atoms. The summed E-state index contributed by atoms with van der Waals surface area (Å²) in [6, 6.07) is 3.96. The molecular formula is C13H20N2O2. The van der Waals surface area contributed by atoms with Crippen molar-refractivity contribution in [2.45, 2.75) is 26.2 Å². The lowest BCUT2D eigenvalue weighted by atomic mass is 9.88. The number of pyridine rings is 1. The molecule has 1 heterocycles. The Balaban J connectivity index is 2.77. The lowest BCUT2D eigenvalue weighted by molar-refractivity contribution is -0.138. The monoisotopic (exact) mass is 236 g/mol. The Hall–Kier alpha value is -1.58. The van der Waals surface area contributed by atoms with Crippen LogP contribution in [0.4, 0.5) is 5.82 Å². The number of rotatable bonds is 3. The molecule has 94 valence electrons. The Bertz CT molecular complexity index is 379. The Morgan fingerprint density at radius 2 is 2.06 bits per heavy atom. The van der Waals surface area contributed by atoms with Gasteiger partial charge in [-0.1, -0.05) is 26.8 Å². The van der Waals surface area contributed by atoms with E-state index in [4.69, 9.17) is 0 Å². The van der Waals surface area contributed by atoms with Gasteiger partial charge in [-0.3, -0.25) is 4.79 Å². The molecule has 0 radical (unpaired) electrons. The summed E-state index contributed by atoms with van der Waals surface area (Å²) in [4.78, 5) is 17.2. The van der Waals surface area contributed by atoms with E-state index in [0.717, 1.165) is 5.82 Å². The van der Waals surface area contributed by atoms with E-state index >= 15 is 0 Å². The highest BCUT2D eigenvalue weighted by Crippen LogP contribution is 2.22. The summed E-state index contributed by atoms with van der Waals surface area (Å²) in [6.45, 7) is 6.63. The minimum atomic E-state index is -0.269. The number of nitrogens with zero attached hydrogens (tertiary/aromatic N) is 2. The van der Waals surface area contributed by atoms with Crippen molar-refractivity contribution in [2.24, 2.45) is 0 Å². The third kappa shape index (κ3) is 3.73. The van der Waals surface area contributed by atoms with Crippen LogP contribution >= 0.6 is 0 Å². The van der Waals surface area contributed by atoms with Crippen LogP contribution in [0, 0.1) is 0 Å². The number of carbonyl (C=O) groups excluding carboxylic acids is 1. The Kier molecular flexibility index (Phi) is 4.10. The van der Waals surface area contributed by atoms with Crippen LogP contribution in [0.5, 0.6) is 0 Å². The molecule has 1 aromatic rings. The predicted octanol–water partition coefficient (Wildman–Crippen LogP) is 1.99. The van der Waals surface area contributed by atoms with Crippen molar-refractivity contribution in [1.82, 2.24) is 4.98 Å². The number of ether oxygens (including phenoxy) is 1. The van der Waals surface area contributed by atoms with E-state index in [1.807, 2.05) is 25.4 Å². The van der Waals surface area contributed by atoms with Gasteiger partial charge in [-0.25, -0.2) is 4.98 Å². The molecule has 0 saturated carbocycles. The molecular weight excluding hydrogens is 216 g/mol. The van der Waals surface area contributed by atoms with Gasteiger partial charge in [-0.05, 0) is 17.0 Å². The van der Waals surface area contributed by atoms with E-state index in [2.05, 4.69) is 30.5 Å². The van der Waals surface area contributed by atoms with Gasteiger partial charge in [0.1, 0.15) is 12.4 Å². The third-order valence-corrected chi connectivity index (χ3v) is 2.60. The molecule has 0 aliphatic heterocycles. The summed E-state index contributed by atoms with van der Waals surface area (Å²) >= 11 is 0. The maximum absolute atomic E-state index is 11.1. The second-order valence-electron chi connectivity index (χ2n) is 5.09.